The summed E-state index contributed by atoms with van der Waals surface area (Å²) in [5.74, 6) is -0.221. The molecular formula is C18H15NO4S2. The SMILES string of the molecule is COc1ccc(C(=O)C(C)OC(=O)c2csc(-c3ccsc3)n2)cc1. The van der Waals surface area contributed by atoms with Crippen LogP contribution < -0.4 is 4.74 Å². The molecule has 0 saturated heterocycles. The number of thiophene rings is 1. The smallest absolute Gasteiger partial charge is 0.358 e. The number of aromatic nitrogens is 1. The van der Waals surface area contributed by atoms with Crippen molar-refractivity contribution in [1.82, 2.24) is 4.98 Å². The first-order valence-electron chi connectivity index (χ1n) is 7.46. The molecule has 0 fully saturated rings. The molecule has 3 rings (SSSR count). The molecule has 1 atom stereocenters. The average molecular weight is 373 g/mol. The zero-order chi connectivity index (χ0) is 17.8. The summed E-state index contributed by atoms with van der Waals surface area (Å²) in [5, 5.41) is 6.30. The topological polar surface area (TPSA) is 65.5 Å². The summed E-state index contributed by atoms with van der Waals surface area (Å²) in [7, 11) is 1.56. The van der Waals surface area contributed by atoms with Gasteiger partial charge in [-0.05, 0) is 42.6 Å². The molecule has 0 bridgehead atoms. The monoisotopic (exact) mass is 373 g/mol. The third-order valence-electron chi connectivity index (χ3n) is 3.51. The van der Waals surface area contributed by atoms with E-state index in [9.17, 15) is 9.59 Å². The molecule has 2 aromatic heterocycles. The maximum Gasteiger partial charge on any atom is 0.358 e. The van der Waals surface area contributed by atoms with E-state index in [-0.39, 0.29) is 11.5 Å². The van der Waals surface area contributed by atoms with Crippen molar-refractivity contribution >= 4 is 34.4 Å². The maximum atomic E-state index is 12.4. The van der Waals surface area contributed by atoms with E-state index in [1.54, 1.807) is 55.0 Å². The van der Waals surface area contributed by atoms with Gasteiger partial charge in [-0.3, -0.25) is 4.79 Å². The van der Waals surface area contributed by atoms with Crippen LogP contribution >= 0.6 is 22.7 Å². The van der Waals surface area contributed by atoms with Crippen LogP contribution in [0.25, 0.3) is 10.6 Å². The lowest BCUT2D eigenvalue weighted by Gasteiger charge is -2.11. The number of thiazole rings is 1. The van der Waals surface area contributed by atoms with Crippen molar-refractivity contribution in [3.8, 4) is 16.3 Å². The Morgan fingerprint density at radius 3 is 2.52 bits per heavy atom. The van der Waals surface area contributed by atoms with Gasteiger partial charge in [-0.1, -0.05) is 0 Å². The predicted molar refractivity (Wildman–Crippen MR) is 97.6 cm³/mol. The molecule has 2 heterocycles. The summed E-state index contributed by atoms with van der Waals surface area (Å²) in [6.07, 6.45) is -0.896. The zero-order valence-corrected chi connectivity index (χ0v) is 15.2. The molecule has 0 saturated carbocycles. The van der Waals surface area contributed by atoms with Gasteiger partial charge in [-0.2, -0.15) is 11.3 Å². The number of carbonyl (C=O) groups excluding carboxylic acids is 2. The van der Waals surface area contributed by atoms with Crippen LogP contribution in [0, 0.1) is 0 Å². The number of carbonyl (C=O) groups is 2. The van der Waals surface area contributed by atoms with E-state index >= 15 is 0 Å². The summed E-state index contributed by atoms with van der Waals surface area (Å²) < 4.78 is 10.3. The molecule has 1 unspecified atom stereocenters. The Morgan fingerprint density at radius 1 is 1.12 bits per heavy atom. The first-order chi connectivity index (χ1) is 12.1. The standard InChI is InChI=1S/C18H15NO4S2/c1-11(16(20)12-3-5-14(22-2)6-4-12)23-18(21)15-10-25-17(19-15)13-7-8-24-9-13/h3-11H,1-2H3. The summed E-state index contributed by atoms with van der Waals surface area (Å²) in [4.78, 5) is 28.9. The van der Waals surface area contributed by atoms with Crippen LogP contribution in [0.4, 0.5) is 0 Å². The van der Waals surface area contributed by atoms with Crippen LogP contribution in [0.15, 0.2) is 46.5 Å². The van der Waals surface area contributed by atoms with Crippen molar-refractivity contribution in [3.63, 3.8) is 0 Å². The molecule has 0 radical (unpaired) electrons. The molecule has 1 aromatic carbocycles. The molecule has 0 spiro atoms. The summed E-state index contributed by atoms with van der Waals surface area (Å²) in [5.41, 5.74) is 1.63. The van der Waals surface area contributed by atoms with E-state index in [2.05, 4.69) is 4.98 Å². The van der Waals surface area contributed by atoms with Gasteiger partial charge in [-0.25, -0.2) is 9.78 Å². The van der Waals surface area contributed by atoms with E-state index in [0.717, 1.165) is 10.6 Å². The summed E-state index contributed by atoms with van der Waals surface area (Å²) >= 11 is 2.93. The van der Waals surface area contributed by atoms with Gasteiger partial charge in [-0.15, -0.1) is 11.3 Å². The minimum Gasteiger partial charge on any atom is -0.497 e. The molecule has 0 N–H and O–H groups in total. The van der Waals surface area contributed by atoms with Gasteiger partial charge in [0.05, 0.1) is 7.11 Å². The van der Waals surface area contributed by atoms with Crippen LogP contribution in [0.5, 0.6) is 5.75 Å². The van der Waals surface area contributed by atoms with Crippen molar-refractivity contribution in [2.24, 2.45) is 0 Å². The largest absolute Gasteiger partial charge is 0.497 e. The lowest BCUT2D eigenvalue weighted by Crippen LogP contribution is -2.24. The molecule has 0 aliphatic rings. The van der Waals surface area contributed by atoms with E-state index in [4.69, 9.17) is 9.47 Å². The van der Waals surface area contributed by atoms with Crippen molar-refractivity contribution in [2.75, 3.05) is 7.11 Å². The first-order valence-corrected chi connectivity index (χ1v) is 9.28. The van der Waals surface area contributed by atoms with Gasteiger partial charge in [0, 0.05) is 21.9 Å². The van der Waals surface area contributed by atoms with Crippen molar-refractivity contribution in [1.29, 1.82) is 0 Å². The molecule has 5 nitrogen and oxygen atoms in total. The number of rotatable bonds is 6. The van der Waals surface area contributed by atoms with E-state index < -0.39 is 12.1 Å². The van der Waals surface area contributed by atoms with Crippen molar-refractivity contribution in [3.05, 3.63) is 57.7 Å². The number of ether oxygens (including phenoxy) is 2. The Hall–Kier alpha value is -2.51. The number of benzene rings is 1. The average Bonchev–Trinajstić information content (AvgIpc) is 3.32. The highest BCUT2D eigenvalue weighted by Gasteiger charge is 2.22. The molecule has 7 heteroatoms. The number of ketones is 1. The highest BCUT2D eigenvalue weighted by molar-refractivity contribution is 7.14. The van der Waals surface area contributed by atoms with Crippen molar-refractivity contribution < 1.29 is 19.1 Å². The number of hydrogen-bond donors (Lipinski definition) is 0. The van der Waals surface area contributed by atoms with Gasteiger partial charge in [0.1, 0.15) is 10.8 Å². The van der Waals surface area contributed by atoms with Gasteiger partial charge in [0.25, 0.3) is 0 Å². The maximum absolute atomic E-state index is 12.4. The number of hydrogen-bond acceptors (Lipinski definition) is 7. The number of esters is 1. The predicted octanol–water partition coefficient (Wildman–Crippen LogP) is 4.31. The second-order valence-corrected chi connectivity index (χ2v) is 6.83. The lowest BCUT2D eigenvalue weighted by atomic mass is 10.1. The molecule has 0 aliphatic carbocycles. The highest BCUT2D eigenvalue weighted by atomic mass is 32.1. The molecule has 0 aliphatic heterocycles. The molecule has 3 aromatic rings. The van der Waals surface area contributed by atoms with Crippen LogP contribution in [0.2, 0.25) is 0 Å². The molecule has 0 amide bonds. The normalized spacial score (nSPS) is 11.8. The lowest BCUT2D eigenvalue weighted by molar-refractivity contribution is 0.0314. The zero-order valence-electron chi connectivity index (χ0n) is 13.6. The van der Waals surface area contributed by atoms with E-state index in [0.29, 0.717) is 11.3 Å². The van der Waals surface area contributed by atoms with Crippen LogP contribution in [-0.4, -0.2) is 30.0 Å². The minimum absolute atomic E-state index is 0.209. The van der Waals surface area contributed by atoms with Crippen LogP contribution in [0.3, 0.4) is 0 Å². The van der Waals surface area contributed by atoms with E-state index in [1.807, 2.05) is 16.8 Å². The Kier molecular flexibility index (Phi) is 5.25. The Labute approximate surface area is 152 Å². The first kappa shape index (κ1) is 17.3. The van der Waals surface area contributed by atoms with Crippen molar-refractivity contribution in [2.45, 2.75) is 13.0 Å². The molecular weight excluding hydrogens is 358 g/mol. The number of methoxy groups -OCH3 is 1. The quantitative estimate of drug-likeness (QED) is 0.476. The Bertz CT molecular complexity index is 869. The number of nitrogens with zero attached hydrogens (tertiary/aromatic N) is 1. The second kappa shape index (κ2) is 7.58. The number of Topliss-reactive ketones (excluding diaryl/α,β-unsaturated/α-hetero) is 1. The second-order valence-electron chi connectivity index (χ2n) is 5.19. The molecule has 128 valence electrons. The Morgan fingerprint density at radius 2 is 1.88 bits per heavy atom. The van der Waals surface area contributed by atoms with Gasteiger partial charge in [0.2, 0.25) is 5.78 Å². The third kappa shape index (κ3) is 3.94. The fourth-order valence-electron chi connectivity index (χ4n) is 2.15. The summed E-state index contributed by atoms with van der Waals surface area (Å²) in [6.45, 7) is 1.55. The van der Waals surface area contributed by atoms with Crippen LogP contribution in [0.1, 0.15) is 27.8 Å². The van der Waals surface area contributed by atoms with E-state index in [1.165, 1.54) is 11.3 Å². The van der Waals surface area contributed by atoms with Gasteiger partial charge >= 0.3 is 5.97 Å². The minimum atomic E-state index is -0.896. The van der Waals surface area contributed by atoms with Gasteiger partial charge in [0.15, 0.2) is 11.8 Å². The third-order valence-corrected chi connectivity index (χ3v) is 5.08. The molecule has 25 heavy (non-hydrogen) atoms. The fourth-order valence-corrected chi connectivity index (χ4v) is 3.65. The fraction of sp³-hybridized carbons (Fsp3) is 0.167. The Balaban J connectivity index is 1.66. The van der Waals surface area contributed by atoms with Crippen LogP contribution in [-0.2, 0) is 4.74 Å². The van der Waals surface area contributed by atoms with Gasteiger partial charge < -0.3 is 9.47 Å². The summed E-state index contributed by atoms with van der Waals surface area (Å²) in [6, 6.07) is 8.60. The highest BCUT2D eigenvalue weighted by Crippen LogP contribution is 2.26.